The Morgan fingerprint density at radius 2 is 1.75 bits per heavy atom. The van der Waals surface area contributed by atoms with Crippen molar-refractivity contribution < 1.29 is 31.9 Å². The van der Waals surface area contributed by atoms with Gasteiger partial charge in [-0.05, 0) is 92.8 Å². The zero-order valence-corrected chi connectivity index (χ0v) is 35.4. The molecule has 296 valence electrons. The molecule has 0 unspecified atom stereocenters. The first-order chi connectivity index (χ1) is 24.6. The number of carbonyl (C=O) groups is 2. The number of ether oxygens (including phenoxy) is 2. The molecule has 12 nitrogen and oxygen atoms in total. The van der Waals surface area contributed by atoms with Crippen LogP contribution >= 0.6 is 0 Å². The summed E-state index contributed by atoms with van der Waals surface area (Å²) in [4.78, 5) is 32.1. The van der Waals surface area contributed by atoms with Gasteiger partial charge in [0.15, 0.2) is 0 Å². The Bertz CT molecular complexity index is 1800. The number of halogens is 1. The van der Waals surface area contributed by atoms with Crippen LogP contribution in [0.2, 0.25) is 25.7 Å². The number of piperazine rings is 1. The molecule has 4 atom stereocenters. The van der Waals surface area contributed by atoms with Gasteiger partial charge >= 0.3 is 6.09 Å². The molecule has 2 aromatic rings. The van der Waals surface area contributed by atoms with E-state index in [0.717, 1.165) is 24.3 Å². The maximum Gasteiger partial charge on any atom is 0.410 e. The largest absolute Gasteiger partial charge is 0.444 e. The molecule has 3 aliphatic rings. The fourth-order valence-electron chi connectivity index (χ4n) is 7.41. The van der Waals surface area contributed by atoms with Crippen LogP contribution < -0.4 is 4.90 Å². The van der Waals surface area contributed by atoms with Gasteiger partial charge in [0, 0.05) is 56.5 Å². The molecule has 0 radical (unpaired) electrons. The van der Waals surface area contributed by atoms with Crippen molar-refractivity contribution in [2.24, 2.45) is 0 Å². The lowest BCUT2D eigenvalue weighted by molar-refractivity contribution is -0.128. The van der Waals surface area contributed by atoms with E-state index in [9.17, 15) is 22.4 Å². The summed E-state index contributed by atoms with van der Waals surface area (Å²) in [5.41, 5.74) is 0.622. The third kappa shape index (κ3) is 8.94. The highest BCUT2D eigenvalue weighted by Crippen LogP contribution is 2.45. The third-order valence-electron chi connectivity index (χ3n) is 10.8. The summed E-state index contributed by atoms with van der Waals surface area (Å²) in [7, 11) is -5.47. The smallest absolute Gasteiger partial charge is 0.410 e. The highest BCUT2D eigenvalue weighted by molar-refractivity contribution is 7.89. The van der Waals surface area contributed by atoms with Crippen LogP contribution in [-0.2, 0) is 24.3 Å². The number of benzene rings is 1. The summed E-state index contributed by atoms with van der Waals surface area (Å²) in [6, 6.07) is 2.87. The van der Waals surface area contributed by atoms with E-state index in [4.69, 9.17) is 14.6 Å². The Kier molecular flexibility index (Phi) is 11.8. The maximum atomic E-state index is 14.8. The lowest BCUT2D eigenvalue weighted by Gasteiger charge is -2.45. The summed E-state index contributed by atoms with van der Waals surface area (Å²) in [5, 5.41) is 5.54. The molecule has 3 heterocycles. The molecule has 15 heteroatoms. The van der Waals surface area contributed by atoms with E-state index in [-0.39, 0.29) is 48.3 Å². The maximum absolute atomic E-state index is 14.8. The number of nitrogens with zero attached hydrogens (tertiary/aromatic N) is 6. The van der Waals surface area contributed by atoms with Crippen LogP contribution in [0.4, 0.5) is 14.9 Å². The Labute approximate surface area is 316 Å². The number of allylic oxidation sites excluding steroid dienone is 1. The second kappa shape index (κ2) is 15.3. The topological polar surface area (TPSA) is 118 Å². The van der Waals surface area contributed by atoms with Gasteiger partial charge in [0.05, 0.1) is 40.8 Å². The van der Waals surface area contributed by atoms with Crippen LogP contribution in [0.3, 0.4) is 0 Å². The summed E-state index contributed by atoms with van der Waals surface area (Å²) < 4.78 is 59.2. The predicted octanol–water partition coefficient (Wildman–Crippen LogP) is 6.80. The van der Waals surface area contributed by atoms with E-state index in [2.05, 4.69) is 24.5 Å². The van der Waals surface area contributed by atoms with Crippen molar-refractivity contribution in [1.29, 1.82) is 0 Å². The molecule has 1 aliphatic carbocycles. The van der Waals surface area contributed by atoms with Crippen LogP contribution in [0.5, 0.6) is 0 Å². The molecule has 3 fully saturated rings. The van der Waals surface area contributed by atoms with Crippen LogP contribution in [-0.4, -0.2) is 121 Å². The Morgan fingerprint density at radius 3 is 2.30 bits per heavy atom. The number of rotatable bonds is 12. The average molecular weight is 777 g/mol. The number of amides is 2. The normalized spacial score (nSPS) is 24.0. The second-order valence-electron chi connectivity index (χ2n) is 17.8. The second-order valence-corrected chi connectivity index (χ2v) is 25.3. The van der Waals surface area contributed by atoms with E-state index in [1.165, 1.54) is 4.31 Å². The van der Waals surface area contributed by atoms with Crippen molar-refractivity contribution >= 4 is 46.7 Å². The fraction of sp³-hybridized carbons (Fsp3) is 0.711. The molecule has 2 amide bonds. The summed E-state index contributed by atoms with van der Waals surface area (Å²) >= 11 is 0. The van der Waals surface area contributed by atoms with Gasteiger partial charge in [-0.15, -0.1) is 0 Å². The van der Waals surface area contributed by atoms with E-state index < -0.39 is 42.0 Å². The van der Waals surface area contributed by atoms with Gasteiger partial charge < -0.3 is 19.3 Å². The van der Waals surface area contributed by atoms with E-state index in [1.807, 2.05) is 41.5 Å². The number of hydrogen-bond acceptors (Lipinski definition) is 8. The minimum atomic E-state index is -4.07. The Hall–Kier alpha value is -3.01. The zero-order valence-electron chi connectivity index (χ0n) is 33.6. The SMILES string of the molecule is C/C=C(/C)C(=O)N1C[C@H](n2ncc3c(N4C[C@H](C)N(C(=O)OC(C)(C)C)[C@@H](C)C4)cc(S(=O)(=O)N(COCC[Si](C)(C)C)C4(C)CC4)cc32)C[C@H]1CF. The van der Waals surface area contributed by atoms with Crippen molar-refractivity contribution in [1.82, 2.24) is 23.9 Å². The molecule has 53 heavy (non-hydrogen) atoms. The molecule has 1 saturated carbocycles. The van der Waals surface area contributed by atoms with Crippen LogP contribution in [0.15, 0.2) is 34.9 Å². The Morgan fingerprint density at radius 1 is 1.11 bits per heavy atom. The number of aromatic nitrogens is 2. The van der Waals surface area contributed by atoms with Gasteiger partial charge in [-0.25, -0.2) is 17.6 Å². The minimum absolute atomic E-state index is 0.0409. The number of carbonyl (C=O) groups excluding carboxylic acids is 2. The number of likely N-dealkylation sites (tertiary alicyclic amines) is 1. The standard InChI is InChI=1S/C38H61FN6O6SSi/c1-12-26(2)35(46)42-24-30(17-29(42)20-39)45-34-19-31(52(48,49)43(38(8)13-14-38)25-50-15-16-53(9,10)11)18-33(32(34)21-40-45)41-22-27(3)44(28(4)23-41)36(47)51-37(5,6)7/h12,18-19,21,27-30H,13-17,20,22-25H2,1-11H3/b26-12-/t27-,28-,29-,30+/m0/s1. The first-order valence-electron chi connectivity index (χ1n) is 19.0. The predicted molar refractivity (Wildman–Crippen MR) is 209 cm³/mol. The monoisotopic (exact) mass is 776 g/mol. The molecule has 1 aromatic heterocycles. The number of sulfonamides is 1. The van der Waals surface area contributed by atoms with Gasteiger partial charge in [0.1, 0.15) is 19.0 Å². The quantitative estimate of drug-likeness (QED) is 0.100. The van der Waals surface area contributed by atoms with Gasteiger partial charge in [0.2, 0.25) is 15.9 Å². The molecule has 2 aliphatic heterocycles. The average Bonchev–Trinajstić information content (AvgIpc) is 3.44. The van der Waals surface area contributed by atoms with E-state index >= 15 is 0 Å². The van der Waals surface area contributed by atoms with Crippen LogP contribution in [0.25, 0.3) is 10.9 Å². The number of alkyl halides is 1. The number of hydrogen-bond donors (Lipinski definition) is 0. The lowest BCUT2D eigenvalue weighted by Crippen LogP contribution is -2.59. The van der Waals surface area contributed by atoms with Crippen molar-refractivity contribution in [2.45, 2.75) is 141 Å². The minimum Gasteiger partial charge on any atom is -0.444 e. The first kappa shape index (κ1) is 41.2. The number of fused-ring (bicyclic) bond motifs is 1. The van der Waals surface area contributed by atoms with Gasteiger partial charge in [-0.1, -0.05) is 25.7 Å². The zero-order chi connectivity index (χ0) is 39.3. The molecule has 0 spiro atoms. The summed E-state index contributed by atoms with van der Waals surface area (Å²) in [5.74, 6) is -0.216. The van der Waals surface area contributed by atoms with Gasteiger partial charge in [-0.2, -0.15) is 9.40 Å². The molecular weight excluding hydrogens is 716 g/mol. The molecule has 0 N–H and O–H groups in total. The Balaban J connectivity index is 1.57. The third-order valence-corrected chi connectivity index (χ3v) is 14.5. The van der Waals surface area contributed by atoms with E-state index in [1.54, 1.807) is 52.7 Å². The fourth-order valence-corrected chi connectivity index (χ4v) is 9.92. The highest BCUT2D eigenvalue weighted by atomic mass is 32.2. The van der Waals surface area contributed by atoms with Crippen LogP contribution in [0.1, 0.15) is 80.7 Å². The van der Waals surface area contributed by atoms with Gasteiger partial charge in [0.25, 0.3) is 0 Å². The molecule has 2 saturated heterocycles. The van der Waals surface area contributed by atoms with Crippen molar-refractivity contribution in [3.8, 4) is 0 Å². The van der Waals surface area contributed by atoms with E-state index in [0.29, 0.717) is 42.9 Å². The summed E-state index contributed by atoms with van der Waals surface area (Å²) in [6.07, 6.45) is 4.90. The molecule has 0 bridgehead atoms. The number of anilines is 1. The molecule has 5 rings (SSSR count). The highest BCUT2D eigenvalue weighted by Gasteiger charge is 2.50. The molecule has 1 aromatic carbocycles. The van der Waals surface area contributed by atoms with Crippen molar-refractivity contribution in [3.05, 3.63) is 30.0 Å². The summed E-state index contributed by atoms with van der Waals surface area (Å²) in [6.45, 7) is 22.6. The van der Waals surface area contributed by atoms with Crippen LogP contribution in [0, 0.1) is 0 Å². The van der Waals surface area contributed by atoms with Gasteiger partial charge in [-0.3, -0.25) is 14.4 Å². The van der Waals surface area contributed by atoms with Crippen molar-refractivity contribution in [2.75, 3.05) is 44.5 Å². The lowest BCUT2D eigenvalue weighted by atomic mass is 10.1. The van der Waals surface area contributed by atoms with Crippen molar-refractivity contribution in [3.63, 3.8) is 0 Å². The molecular formula is C38H61FN6O6SSi. The first-order valence-corrected chi connectivity index (χ1v) is 24.1.